The molecule has 0 unspecified atom stereocenters. The minimum atomic E-state index is -4.69. The minimum Gasteiger partial charge on any atom is -0.493 e. The van der Waals surface area contributed by atoms with Crippen LogP contribution in [0.3, 0.4) is 0 Å². The predicted molar refractivity (Wildman–Crippen MR) is 97.0 cm³/mol. The first kappa shape index (κ1) is 20.4. The number of aryl methyl sites for hydroxylation is 2. The molecule has 2 rings (SSSR count). The van der Waals surface area contributed by atoms with Crippen LogP contribution in [0.15, 0.2) is 40.9 Å². The van der Waals surface area contributed by atoms with Gasteiger partial charge < -0.3 is 14.2 Å². The van der Waals surface area contributed by atoms with Gasteiger partial charge in [0.1, 0.15) is 17.2 Å². The van der Waals surface area contributed by atoms with E-state index in [1.165, 1.54) is 24.3 Å². The lowest BCUT2D eigenvalue weighted by molar-refractivity contribution is -0.274. The van der Waals surface area contributed by atoms with Crippen LogP contribution in [-0.4, -0.2) is 19.6 Å². The van der Waals surface area contributed by atoms with Crippen LogP contribution >= 0.6 is 15.9 Å². The lowest BCUT2D eigenvalue weighted by Crippen LogP contribution is -2.17. The molecule has 0 radical (unpaired) electrons. The maximum atomic E-state index is 12.1. The molecule has 2 aromatic rings. The van der Waals surface area contributed by atoms with Crippen LogP contribution in [0.2, 0.25) is 0 Å². The summed E-state index contributed by atoms with van der Waals surface area (Å²) in [6.07, 6.45) is -3.17. The van der Waals surface area contributed by atoms with Crippen molar-refractivity contribution in [3.8, 4) is 17.2 Å². The van der Waals surface area contributed by atoms with Crippen molar-refractivity contribution in [2.75, 3.05) is 13.2 Å². The molecule has 7 heteroatoms. The summed E-state index contributed by atoms with van der Waals surface area (Å²) in [6.45, 7) is 4.96. The second-order valence-corrected chi connectivity index (χ2v) is 6.55. The van der Waals surface area contributed by atoms with Crippen LogP contribution in [0.4, 0.5) is 13.2 Å². The molecule has 26 heavy (non-hydrogen) atoms. The molecule has 0 spiro atoms. The molecule has 0 atom stereocenters. The lowest BCUT2D eigenvalue weighted by atomic mass is 10.1. The molecule has 0 aliphatic rings. The average Bonchev–Trinajstić information content (AvgIpc) is 2.55. The van der Waals surface area contributed by atoms with Crippen molar-refractivity contribution in [2.45, 2.75) is 33.1 Å². The fraction of sp³-hybridized carbons (Fsp3) is 0.368. The Morgan fingerprint density at radius 1 is 0.962 bits per heavy atom. The van der Waals surface area contributed by atoms with Gasteiger partial charge in [0.25, 0.3) is 0 Å². The Morgan fingerprint density at radius 3 is 2.19 bits per heavy atom. The van der Waals surface area contributed by atoms with Crippen molar-refractivity contribution >= 4 is 15.9 Å². The number of rotatable bonds is 8. The van der Waals surface area contributed by atoms with Crippen molar-refractivity contribution < 1.29 is 27.4 Å². The molecule has 0 saturated carbocycles. The van der Waals surface area contributed by atoms with E-state index in [0.717, 1.165) is 27.8 Å². The third-order valence-corrected chi connectivity index (χ3v) is 4.02. The van der Waals surface area contributed by atoms with E-state index in [1.807, 2.05) is 19.1 Å². The second-order valence-electron chi connectivity index (χ2n) is 5.63. The predicted octanol–water partition coefficient (Wildman–Crippen LogP) is 6.07. The Bertz CT molecular complexity index is 715. The highest BCUT2D eigenvalue weighted by Gasteiger charge is 2.30. The molecule has 0 amide bonds. The van der Waals surface area contributed by atoms with Gasteiger partial charge in [0.15, 0.2) is 0 Å². The Labute approximate surface area is 159 Å². The number of hydrogen-bond acceptors (Lipinski definition) is 3. The largest absolute Gasteiger partial charge is 0.573 e. The van der Waals surface area contributed by atoms with Gasteiger partial charge in [0.2, 0.25) is 0 Å². The summed E-state index contributed by atoms with van der Waals surface area (Å²) in [7, 11) is 0. The molecule has 0 bridgehead atoms. The quantitative estimate of drug-likeness (QED) is 0.474. The maximum Gasteiger partial charge on any atom is 0.573 e. The van der Waals surface area contributed by atoms with Crippen LogP contribution < -0.4 is 14.2 Å². The number of hydrogen-bond donors (Lipinski definition) is 0. The number of ether oxygens (including phenoxy) is 3. The molecule has 0 aliphatic carbocycles. The zero-order chi connectivity index (χ0) is 19.2. The van der Waals surface area contributed by atoms with Gasteiger partial charge >= 0.3 is 6.36 Å². The van der Waals surface area contributed by atoms with Crippen LogP contribution in [0.25, 0.3) is 0 Å². The van der Waals surface area contributed by atoms with E-state index in [9.17, 15) is 13.2 Å². The summed E-state index contributed by atoms with van der Waals surface area (Å²) in [5, 5.41) is 0. The SMILES string of the molecule is CCc1cc(Br)cc(C)c1OCCCOc1ccc(OC(F)(F)F)cc1. The molecule has 2 aromatic carbocycles. The smallest absolute Gasteiger partial charge is 0.493 e. The Balaban J connectivity index is 1.78. The zero-order valence-electron chi connectivity index (χ0n) is 14.5. The molecule has 3 nitrogen and oxygen atoms in total. The van der Waals surface area contributed by atoms with Gasteiger partial charge in [-0.05, 0) is 60.9 Å². The first-order valence-corrected chi connectivity index (χ1v) is 8.98. The molecular formula is C19H20BrF3O3. The highest BCUT2D eigenvalue weighted by Crippen LogP contribution is 2.29. The van der Waals surface area contributed by atoms with E-state index in [-0.39, 0.29) is 5.75 Å². The molecular weight excluding hydrogens is 413 g/mol. The van der Waals surface area contributed by atoms with Gasteiger partial charge in [-0.25, -0.2) is 0 Å². The summed E-state index contributed by atoms with van der Waals surface area (Å²) >= 11 is 3.48. The minimum absolute atomic E-state index is 0.272. The fourth-order valence-electron chi connectivity index (χ4n) is 2.43. The Hall–Kier alpha value is -1.89. The van der Waals surface area contributed by atoms with Crippen molar-refractivity contribution in [3.63, 3.8) is 0 Å². The van der Waals surface area contributed by atoms with Crippen molar-refractivity contribution in [1.29, 1.82) is 0 Å². The third-order valence-electron chi connectivity index (χ3n) is 3.56. The van der Waals surface area contributed by atoms with E-state index < -0.39 is 6.36 Å². The van der Waals surface area contributed by atoms with Crippen molar-refractivity contribution in [3.05, 3.63) is 52.0 Å². The monoisotopic (exact) mass is 432 g/mol. The van der Waals surface area contributed by atoms with Crippen LogP contribution in [0.5, 0.6) is 17.2 Å². The van der Waals surface area contributed by atoms with Crippen molar-refractivity contribution in [1.82, 2.24) is 0 Å². The van der Waals surface area contributed by atoms with E-state index in [2.05, 4.69) is 27.6 Å². The highest BCUT2D eigenvalue weighted by molar-refractivity contribution is 9.10. The van der Waals surface area contributed by atoms with E-state index in [0.29, 0.717) is 25.4 Å². The lowest BCUT2D eigenvalue weighted by Gasteiger charge is -2.14. The average molecular weight is 433 g/mol. The third kappa shape index (κ3) is 6.44. The summed E-state index contributed by atoms with van der Waals surface area (Å²) in [6, 6.07) is 9.38. The summed E-state index contributed by atoms with van der Waals surface area (Å²) in [5.41, 5.74) is 2.20. The van der Waals surface area contributed by atoms with Gasteiger partial charge in [-0.3, -0.25) is 0 Å². The second kappa shape index (κ2) is 9.16. The van der Waals surface area contributed by atoms with E-state index in [1.54, 1.807) is 0 Å². The molecule has 142 valence electrons. The van der Waals surface area contributed by atoms with Crippen LogP contribution in [0, 0.1) is 6.92 Å². The van der Waals surface area contributed by atoms with Crippen molar-refractivity contribution in [2.24, 2.45) is 0 Å². The Morgan fingerprint density at radius 2 is 1.58 bits per heavy atom. The molecule has 0 aromatic heterocycles. The molecule has 0 fully saturated rings. The zero-order valence-corrected chi connectivity index (χ0v) is 16.1. The van der Waals surface area contributed by atoms with Gasteiger partial charge in [-0.1, -0.05) is 22.9 Å². The fourth-order valence-corrected chi connectivity index (χ4v) is 3.05. The summed E-state index contributed by atoms with van der Waals surface area (Å²) < 4.78 is 52.5. The van der Waals surface area contributed by atoms with E-state index >= 15 is 0 Å². The maximum absolute atomic E-state index is 12.1. The highest BCUT2D eigenvalue weighted by atomic mass is 79.9. The van der Waals surface area contributed by atoms with Crippen LogP contribution in [-0.2, 0) is 6.42 Å². The standard InChI is InChI=1S/C19H20BrF3O3/c1-3-14-12-15(20)11-13(2)18(14)25-10-4-9-24-16-5-7-17(8-6-16)26-19(21,22)23/h5-8,11-12H,3-4,9-10H2,1-2H3. The topological polar surface area (TPSA) is 27.7 Å². The van der Waals surface area contributed by atoms with Gasteiger partial charge in [0, 0.05) is 10.9 Å². The molecule has 0 saturated heterocycles. The first-order chi connectivity index (χ1) is 12.3. The van der Waals surface area contributed by atoms with Gasteiger partial charge in [0.05, 0.1) is 13.2 Å². The molecule has 0 N–H and O–H groups in total. The van der Waals surface area contributed by atoms with Gasteiger partial charge in [-0.15, -0.1) is 13.2 Å². The number of halogens is 4. The van der Waals surface area contributed by atoms with Crippen LogP contribution in [0.1, 0.15) is 24.5 Å². The summed E-state index contributed by atoms with van der Waals surface area (Å²) in [4.78, 5) is 0. The number of alkyl halides is 3. The first-order valence-electron chi connectivity index (χ1n) is 8.19. The summed E-state index contributed by atoms with van der Waals surface area (Å²) in [5.74, 6) is 1.10. The number of benzene rings is 2. The van der Waals surface area contributed by atoms with E-state index in [4.69, 9.17) is 9.47 Å². The Kier molecular flexibility index (Phi) is 7.20. The molecule has 0 heterocycles. The van der Waals surface area contributed by atoms with Gasteiger partial charge in [-0.2, -0.15) is 0 Å². The molecule has 0 aliphatic heterocycles. The normalized spacial score (nSPS) is 11.3.